The molecule has 1 aliphatic rings. The largest absolute Gasteiger partial charge is 0.493 e. The third-order valence-corrected chi connectivity index (χ3v) is 3.80. The van der Waals surface area contributed by atoms with Crippen LogP contribution in [0.2, 0.25) is 0 Å². The Morgan fingerprint density at radius 1 is 1.30 bits per heavy atom. The summed E-state index contributed by atoms with van der Waals surface area (Å²) in [5.41, 5.74) is 0.880. The number of carbonyl (C=O) groups excluding carboxylic acids is 2. The number of hydrogen-bond donors (Lipinski definition) is 2. The fraction of sp³-hybridized carbons (Fsp3) is 0.500. The van der Waals surface area contributed by atoms with Crippen molar-refractivity contribution in [1.82, 2.24) is 10.2 Å². The molecule has 0 spiro atoms. The molecule has 0 saturated carbocycles. The van der Waals surface area contributed by atoms with E-state index in [1.165, 1.54) is 21.1 Å². The molecule has 7 heteroatoms. The van der Waals surface area contributed by atoms with Gasteiger partial charge >= 0.3 is 0 Å². The number of methoxy groups -OCH3 is 2. The third-order valence-electron chi connectivity index (χ3n) is 3.80. The molecule has 1 aromatic rings. The summed E-state index contributed by atoms with van der Waals surface area (Å²) < 4.78 is 10.6. The monoisotopic (exact) mass is 321 g/mol. The Hall–Kier alpha value is -2.28. The summed E-state index contributed by atoms with van der Waals surface area (Å²) in [7, 11) is 2.99. The highest BCUT2D eigenvalue weighted by Crippen LogP contribution is 2.37. The van der Waals surface area contributed by atoms with Crippen molar-refractivity contribution in [1.29, 1.82) is 0 Å². The summed E-state index contributed by atoms with van der Waals surface area (Å²) in [5, 5.41) is 5.93. The molecule has 1 heterocycles. The summed E-state index contributed by atoms with van der Waals surface area (Å²) in [6, 6.07) is 3.37. The highest BCUT2D eigenvalue weighted by Gasteiger charge is 2.26. The standard InChI is InChI=1S/C16H23N3O4/c1-10-9-17-5-6-19(10)16(21)12-7-13(18-11(2)20)15(23-4)14(8-12)22-3/h7-8,10,17H,5-6,9H2,1-4H3,(H,18,20)/t10-/m1/s1. The van der Waals surface area contributed by atoms with E-state index < -0.39 is 0 Å². The Morgan fingerprint density at radius 2 is 2.04 bits per heavy atom. The molecular weight excluding hydrogens is 298 g/mol. The van der Waals surface area contributed by atoms with Crippen LogP contribution in [0.5, 0.6) is 11.5 Å². The molecule has 0 aromatic heterocycles. The number of rotatable bonds is 4. The Balaban J connectivity index is 2.41. The summed E-state index contributed by atoms with van der Waals surface area (Å²) in [5.74, 6) is 0.467. The van der Waals surface area contributed by atoms with Crippen LogP contribution in [0.25, 0.3) is 0 Å². The van der Waals surface area contributed by atoms with Gasteiger partial charge in [0, 0.05) is 38.2 Å². The molecule has 1 aromatic carbocycles. The molecule has 0 bridgehead atoms. The van der Waals surface area contributed by atoms with Gasteiger partial charge in [-0.05, 0) is 19.1 Å². The van der Waals surface area contributed by atoms with Crippen LogP contribution < -0.4 is 20.1 Å². The molecule has 1 saturated heterocycles. The lowest BCUT2D eigenvalue weighted by atomic mass is 10.1. The molecule has 1 atom stereocenters. The number of nitrogens with one attached hydrogen (secondary N) is 2. The Labute approximate surface area is 135 Å². The second-order valence-electron chi connectivity index (χ2n) is 5.49. The van der Waals surface area contributed by atoms with E-state index in [0.29, 0.717) is 29.3 Å². The first-order valence-corrected chi connectivity index (χ1v) is 7.53. The smallest absolute Gasteiger partial charge is 0.254 e. The number of ether oxygens (including phenoxy) is 2. The van der Waals surface area contributed by atoms with Crippen molar-refractivity contribution in [3.8, 4) is 11.5 Å². The Bertz CT molecular complexity index is 603. The van der Waals surface area contributed by atoms with Crippen molar-refractivity contribution in [3.63, 3.8) is 0 Å². The maximum Gasteiger partial charge on any atom is 0.254 e. The lowest BCUT2D eigenvalue weighted by Crippen LogP contribution is -2.52. The number of carbonyl (C=O) groups is 2. The van der Waals surface area contributed by atoms with Gasteiger partial charge in [-0.25, -0.2) is 0 Å². The summed E-state index contributed by atoms with van der Waals surface area (Å²) in [6.07, 6.45) is 0. The fourth-order valence-corrected chi connectivity index (χ4v) is 2.68. The summed E-state index contributed by atoms with van der Waals surface area (Å²) >= 11 is 0. The lowest BCUT2D eigenvalue weighted by Gasteiger charge is -2.34. The third kappa shape index (κ3) is 3.73. The van der Waals surface area contributed by atoms with Gasteiger partial charge in [-0.15, -0.1) is 0 Å². The van der Waals surface area contributed by atoms with Gasteiger partial charge in [0.2, 0.25) is 5.91 Å². The molecule has 1 aliphatic heterocycles. The van der Waals surface area contributed by atoms with Crippen LogP contribution in [0, 0.1) is 0 Å². The van der Waals surface area contributed by atoms with Crippen molar-refractivity contribution in [3.05, 3.63) is 17.7 Å². The van der Waals surface area contributed by atoms with Crippen LogP contribution in [0.4, 0.5) is 5.69 Å². The SMILES string of the molecule is COc1cc(C(=O)N2CCNC[C@H]2C)cc(NC(C)=O)c1OC. The maximum atomic E-state index is 12.8. The van der Waals surface area contributed by atoms with E-state index in [1.807, 2.05) is 11.8 Å². The average molecular weight is 321 g/mol. The first-order chi connectivity index (χ1) is 11.0. The van der Waals surface area contributed by atoms with Crippen LogP contribution in [-0.4, -0.2) is 56.6 Å². The van der Waals surface area contributed by atoms with Gasteiger partial charge in [0.25, 0.3) is 5.91 Å². The van der Waals surface area contributed by atoms with Crippen molar-refractivity contribution < 1.29 is 19.1 Å². The lowest BCUT2D eigenvalue weighted by molar-refractivity contribution is -0.114. The number of anilines is 1. The normalized spacial score (nSPS) is 17.6. The Morgan fingerprint density at radius 3 is 2.61 bits per heavy atom. The van der Waals surface area contributed by atoms with Gasteiger partial charge < -0.3 is 25.0 Å². The van der Waals surface area contributed by atoms with Crippen molar-refractivity contribution in [2.24, 2.45) is 0 Å². The number of amides is 2. The second kappa shape index (κ2) is 7.32. The number of piperazine rings is 1. The van der Waals surface area contributed by atoms with Crippen LogP contribution >= 0.6 is 0 Å². The van der Waals surface area contributed by atoms with E-state index in [1.54, 1.807) is 12.1 Å². The predicted molar refractivity (Wildman–Crippen MR) is 87.2 cm³/mol. The molecule has 0 aliphatic carbocycles. The minimum absolute atomic E-state index is 0.0912. The quantitative estimate of drug-likeness (QED) is 0.868. The molecule has 1 fully saturated rings. The Kier molecular flexibility index (Phi) is 5.44. The van der Waals surface area contributed by atoms with E-state index >= 15 is 0 Å². The zero-order chi connectivity index (χ0) is 17.0. The molecule has 0 radical (unpaired) electrons. The van der Waals surface area contributed by atoms with Gasteiger partial charge in [0.05, 0.1) is 19.9 Å². The summed E-state index contributed by atoms with van der Waals surface area (Å²) in [4.78, 5) is 26.0. The molecule has 2 amide bonds. The van der Waals surface area contributed by atoms with Gasteiger partial charge in [-0.1, -0.05) is 0 Å². The summed E-state index contributed by atoms with van der Waals surface area (Å²) in [6.45, 7) is 5.57. The van der Waals surface area contributed by atoms with Crippen molar-refractivity contribution in [2.75, 3.05) is 39.2 Å². The molecular formula is C16H23N3O4. The second-order valence-corrected chi connectivity index (χ2v) is 5.49. The van der Waals surface area contributed by atoms with Gasteiger partial charge in [0.1, 0.15) is 0 Å². The van der Waals surface area contributed by atoms with E-state index in [2.05, 4.69) is 10.6 Å². The van der Waals surface area contributed by atoms with Crippen LogP contribution in [-0.2, 0) is 4.79 Å². The minimum Gasteiger partial charge on any atom is -0.493 e. The molecule has 23 heavy (non-hydrogen) atoms. The van der Waals surface area contributed by atoms with E-state index in [-0.39, 0.29) is 17.9 Å². The zero-order valence-electron chi connectivity index (χ0n) is 13.9. The molecule has 2 rings (SSSR count). The van der Waals surface area contributed by atoms with E-state index in [0.717, 1.165) is 13.1 Å². The van der Waals surface area contributed by atoms with Crippen LogP contribution in [0.1, 0.15) is 24.2 Å². The topological polar surface area (TPSA) is 79.9 Å². The van der Waals surface area contributed by atoms with Crippen molar-refractivity contribution >= 4 is 17.5 Å². The van der Waals surface area contributed by atoms with Gasteiger partial charge in [-0.2, -0.15) is 0 Å². The van der Waals surface area contributed by atoms with Crippen molar-refractivity contribution in [2.45, 2.75) is 19.9 Å². The fourth-order valence-electron chi connectivity index (χ4n) is 2.68. The maximum absolute atomic E-state index is 12.8. The first kappa shape index (κ1) is 17.1. The highest BCUT2D eigenvalue weighted by molar-refractivity contribution is 5.99. The minimum atomic E-state index is -0.245. The van der Waals surface area contributed by atoms with Crippen LogP contribution in [0.3, 0.4) is 0 Å². The number of nitrogens with zero attached hydrogens (tertiary/aromatic N) is 1. The van der Waals surface area contributed by atoms with Crippen LogP contribution in [0.15, 0.2) is 12.1 Å². The van der Waals surface area contributed by atoms with E-state index in [9.17, 15) is 9.59 Å². The molecule has 7 nitrogen and oxygen atoms in total. The van der Waals surface area contributed by atoms with Gasteiger partial charge in [0.15, 0.2) is 11.5 Å². The zero-order valence-corrected chi connectivity index (χ0v) is 13.9. The number of benzene rings is 1. The highest BCUT2D eigenvalue weighted by atomic mass is 16.5. The molecule has 126 valence electrons. The average Bonchev–Trinajstić information content (AvgIpc) is 2.53. The van der Waals surface area contributed by atoms with E-state index in [4.69, 9.17) is 9.47 Å². The predicted octanol–water partition coefficient (Wildman–Crippen LogP) is 1.10. The first-order valence-electron chi connectivity index (χ1n) is 7.53. The molecule has 0 unspecified atom stereocenters. The number of hydrogen-bond acceptors (Lipinski definition) is 5. The molecule has 2 N–H and O–H groups in total. The van der Waals surface area contributed by atoms with Gasteiger partial charge in [-0.3, -0.25) is 9.59 Å².